The Morgan fingerprint density at radius 2 is 1.62 bits per heavy atom. The molecule has 0 unspecified atom stereocenters. The summed E-state index contributed by atoms with van der Waals surface area (Å²) in [4.78, 5) is 17.9. The SMILES string of the molecule is O=c1oc2ccc(Cl)cc2c(-c2ccn3nc(-c4ccccc4)cc3n2)c1-c1ccc(F)cc1. The van der Waals surface area contributed by atoms with E-state index < -0.39 is 11.4 Å². The fraction of sp³-hybridized carbons (Fsp3) is 0. The second-order valence-corrected chi connectivity index (χ2v) is 8.23. The second-order valence-electron chi connectivity index (χ2n) is 7.80. The summed E-state index contributed by atoms with van der Waals surface area (Å²) in [5.74, 6) is -0.397. The molecule has 0 radical (unpaired) electrons. The molecule has 0 spiro atoms. The third-order valence-electron chi connectivity index (χ3n) is 5.65. The number of benzene rings is 3. The van der Waals surface area contributed by atoms with Crippen LogP contribution in [0.4, 0.5) is 4.39 Å². The maximum atomic E-state index is 13.6. The largest absolute Gasteiger partial charge is 0.422 e. The summed E-state index contributed by atoms with van der Waals surface area (Å²) in [5, 5.41) is 5.73. The topological polar surface area (TPSA) is 60.4 Å². The van der Waals surface area contributed by atoms with Gasteiger partial charge in [-0.1, -0.05) is 54.1 Å². The van der Waals surface area contributed by atoms with Crippen LogP contribution in [0.3, 0.4) is 0 Å². The predicted molar refractivity (Wildman–Crippen MR) is 130 cm³/mol. The van der Waals surface area contributed by atoms with Crippen molar-refractivity contribution in [2.24, 2.45) is 0 Å². The molecule has 0 amide bonds. The first-order valence-corrected chi connectivity index (χ1v) is 10.9. The highest BCUT2D eigenvalue weighted by Gasteiger charge is 2.20. The van der Waals surface area contributed by atoms with E-state index >= 15 is 0 Å². The minimum Gasteiger partial charge on any atom is -0.422 e. The van der Waals surface area contributed by atoms with E-state index in [1.54, 1.807) is 47.1 Å². The van der Waals surface area contributed by atoms with Gasteiger partial charge in [-0.3, -0.25) is 0 Å². The number of rotatable bonds is 3. The summed E-state index contributed by atoms with van der Waals surface area (Å²) in [6.45, 7) is 0. The Hall–Kier alpha value is -4.29. The van der Waals surface area contributed by atoms with Gasteiger partial charge in [0, 0.05) is 33.8 Å². The van der Waals surface area contributed by atoms with Crippen molar-refractivity contribution < 1.29 is 8.81 Å². The van der Waals surface area contributed by atoms with E-state index in [4.69, 9.17) is 21.0 Å². The van der Waals surface area contributed by atoms with Crippen molar-refractivity contribution in [3.05, 3.63) is 112 Å². The summed E-state index contributed by atoms with van der Waals surface area (Å²) in [6, 6.07) is 24.2. The number of aromatic nitrogens is 3. The van der Waals surface area contributed by atoms with Crippen molar-refractivity contribution >= 4 is 28.2 Å². The van der Waals surface area contributed by atoms with E-state index in [1.807, 2.05) is 36.4 Å². The van der Waals surface area contributed by atoms with Gasteiger partial charge in [0.25, 0.3) is 0 Å². The van der Waals surface area contributed by atoms with Crippen molar-refractivity contribution in [2.75, 3.05) is 0 Å². The van der Waals surface area contributed by atoms with Gasteiger partial charge < -0.3 is 4.42 Å². The number of nitrogens with zero attached hydrogens (tertiary/aromatic N) is 3. The second kappa shape index (κ2) is 7.93. The number of hydrogen-bond acceptors (Lipinski definition) is 4. The summed E-state index contributed by atoms with van der Waals surface area (Å²) >= 11 is 6.30. The van der Waals surface area contributed by atoms with Gasteiger partial charge in [0.15, 0.2) is 5.65 Å². The Morgan fingerprint density at radius 1 is 0.824 bits per heavy atom. The van der Waals surface area contributed by atoms with Gasteiger partial charge in [-0.2, -0.15) is 5.10 Å². The molecule has 0 saturated carbocycles. The van der Waals surface area contributed by atoms with E-state index in [0.29, 0.717) is 38.5 Å². The highest BCUT2D eigenvalue weighted by atomic mass is 35.5. The van der Waals surface area contributed by atoms with Crippen molar-refractivity contribution in [2.45, 2.75) is 0 Å². The van der Waals surface area contributed by atoms with E-state index in [-0.39, 0.29) is 5.56 Å². The zero-order valence-corrected chi connectivity index (χ0v) is 18.3. The molecule has 3 aromatic carbocycles. The molecule has 6 aromatic rings. The maximum Gasteiger partial charge on any atom is 0.344 e. The van der Waals surface area contributed by atoms with Crippen LogP contribution in [0, 0.1) is 5.82 Å². The standard InChI is InChI=1S/C27H15ClFN3O2/c28-18-8-11-23-20(14-18)26(25(27(33)34-23)17-6-9-19(29)10-7-17)21-12-13-32-24(30-21)15-22(31-32)16-4-2-1-3-5-16/h1-15H. The Kier molecular flexibility index (Phi) is 4.74. The van der Waals surface area contributed by atoms with E-state index in [0.717, 1.165) is 11.3 Å². The van der Waals surface area contributed by atoms with E-state index in [9.17, 15) is 9.18 Å². The first kappa shape index (κ1) is 20.3. The molecular formula is C27H15ClFN3O2. The molecule has 0 saturated heterocycles. The lowest BCUT2D eigenvalue weighted by molar-refractivity contribution is 0.564. The minimum absolute atomic E-state index is 0.286. The van der Waals surface area contributed by atoms with Crippen LogP contribution in [0.25, 0.3) is 50.3 Å². The van der Waals surface area contributed by atoms with Gasteiger partial charge in [0.1, 0.15) is 11.4 Å². The molecule has 0 aliphatic heterocycles. The molecule has 34 heavy (non-hydrogen) atoms. The van der Waals surface area contributed by atoms with Crippen molar-refractivity contribution in [1.82, 2.24) is 14.6 Å². The lowest BCUT2D eigenvalue weighted by Crippen LogP contribution is -2.07. The molecule has 0 fully saturated rings. The van der Waals surface area contributed by atoms with Crippen LogP contribution >= 0.6 is 11.6 Å². The third kappa shape index (κ3) is 3.45. The molecule has 5 nitrogen and oxygen atoms in total. The van der Waals surface area contributed by atoms with Crippen LogP contribution in [0.5, 0.6) is 0 Å². The third-order valence-corrected chi connectivity index (χ3v) is 5.89. The lowest BCUT2D eigenvalue weighted by atomic mass is 9.96. The van der Waals surface area contributed by atoms with Crippen molar-refractivity contribution in [3.63, 3.8) is 0 Å². The zero-order valence-electron chi connectivity index (χ0n) is 17.6. The van der Waals surface area contributed by atoms with Crippen LogP contribution in [0.1, 0.15) is 0 Å². The molecule has 0 aliphatic rings. The van der Waals surface area contributed by atoms with Crippen LogP contribution in [-0.2, 0) is 0 Å². The zero-order chi connectivity index (χ0) is 23.2. The Balaban J connectivity index is 1.64. The lowest BCUT2D eigenvalue weighted by Gasteiger charge is -2.12. The summed E-state index contributed by atoms with van der Waals surface area (Å²) in [5.41, 5.74) is 4.12. The molecule has 3 heterocycles. The summed E-state index contributed by atoms with van der Waals surface area (Å²) < 4.78 is 20.9. The van der Waals surface area contributed by atoms with E-state index in [2.05, 4.69) is 5.10 Å². The first-order chi connectivity index (χ1) is 16.6. The average molecular weight is 468 g/mol. The normalized spacial score (nSPS) is 11.4. The van der Waals surface area contributed by atoms with Gasteiger partial charge in [0.05, 0.1) is 17.0 Å². The first-order valence-electron chi connectivity index (χ1n) is 10.5. The minimum atomic E-state index is -0.545. The Labute approximate surface area is 197 Å². The summed E-state index contributed by atoms with van der Waals surface area (Å²) in [7, 11) is 0. The monoisotopic (exact) mass is 467 g/mol. The Morgan fingerprint density at radius 3 is 2.41 bits per heavy atom. The molecule has 0 N–H and O–H groups in total. The molecule has 0 bridgehead atoms. The van der Waals surface area contributed by atoms with Gasteiger partial charge in [-0.05, 0) is 42.0 Å². The number of halogens is 2. The molecule has 0 atom stereocenters. The molecule has 6 rings (SSSR count). The van der Waals surface area contributed by atoms with Crippen LogP contribution < -0.4 is 5.63 Å². The van der Waals surface area contributed by atoms with Gasteiger partial charge in [-0.25, -0.2) is 18.7 Å². The van der Waals surface area contributed by atoms with E-state index in [1.165, 1.54) is 12.1 Å². The number of fused-ring (bicyclic) bond motifs is 2. The fourth-order valence-corrected chi connectivity index (χ4v) is 4.26. The van der Waals surface area contributed by atoms with Gasteiger partial charge in [-0.15, -0.1) is 0 Å². The highest BCUT2D eigenvalue weighted by Crippen LogP contribution is 2.36. The molecule has 0 aliphatic carbocycles. The van der Waals surface area contributed by atoms with Crippen LogP contribution in [0.15, 0.2) is 100 Å². The van der Waals surface area contributed by atoms with Crippen molar-refractivity contribution in [1.29, 1.82) is 0 Å². The average Bonchev–Trinajstić information content (AvgIpc) is 3.28. The molecule has 7 heteroatoms. The van der Waals surface area contributed by atoms with Crippen LogP contribution in [0.2, 0.25) is 5.02 Å². The fourth-order valence-electron chi connectivity index (χ4n) is 4.09. The predicted octanol–water partition coefficient (Wildman–Crippen LogP) is 6.63. The molecular weight excluding hydrogens is 453 g/mol. The summed E-state index contributed by atoms with van der Waals surface area (Å²) in [6.07, 6.45) is 1.80. The number of hydrogen-bond donors (Lipinski definition) is 0. The quantitative estimate of drug-likeness (QED) is 0.274. The van der Waals surface area contributed by atoms with Crippen LogP contribution in [-0.4, -0.2) is 14.6 Å². The molecule has 3 aromatic heterocycles. The van der Waals surface area contributed by atoms with Gasteiger partial charge in [0.2, 0.25) is 0 Å². The van der Waals surface area contributed by atoms with Gasteiger partial charge >= 0.3 is 5.63 Å². The Bertz CT molecular complexity index is 1740. The van der Waals surface area contributed by atoms with Crippen molar-refractivity contribution in [3.8, 4) is 33.6 Å². The molecule has 164 valence electrons. The smallest absolute Gasteiger partial charge is 0.344 e. The highest BCUT2D eigenvalue weighted by molar-refractivity contribution is 6.31. The maximum absolute atomic E-state index is 13.6.